The first-order valence-electron chi connectivity index (χ1n) is 44.3. The molecule has 0 radical (unpaired) electrons. The number of unbranched alkanes of at least 4 members (excludes halogenated alkanes) is 42. The summed E-state index contributed by atoms with van der Waals surface area (Å²) in [5.41, 5.74) is 0.857. The molecule has 1 saturated heterocycles. The predicted octanol–water partition coefficient (Wildman–Crippen LogP) is 21.0. The van der Waals surface area contributed by atoms with Gasteiger partial charge in [-0.2, -0.15) is 0 Å². The minimum absolute atomic E-state index is 0.143. The van der Waals surface area contributed by atoms with Crippen LogP contribution in [0.1, 0.15) is 413 Å². The Balaban J connectivity index is 2.69. The molecule has 0 aromatic heterocycles. The molecule has 1 aromatic carbocycles. The van der Waals surface area contributed by atoms with Gasteiger partial charge in [-0.25, -0.2) is 4.79 Å². The van der Waals surface area contributed by atoms with Crippen LogP contribution in [-0.4, -0.2) is 122 Å². The molecule has 18 nitrogen and oxygen atoms in total. The van der Waals surface area contributed by atoms with Crippen molar-refractivity contribution in [2.45, 2.75) is 469 Å². The van der Waals surface area contributed by atoms with Crippen molar-refractivity contribution in [2.24, 2.45) is 0 Å². The van der Waals surface area contributed by atoms with Crippen LogP contribution < -0.4 is 16.0 Å². The van der Waals surface area contributed by atoms with E-state index in [1.165, 1.54) is 123 Å². The van der Waals surface area contributed by atoms with Crippen molar-refractivity contribution in [1.82, 2.24) is 16.0 Å². The summed E-state index contributed by atoms with van der Waals surface area (Å²) < 4.78 is 43.3. The fourth-order valence-electron chi connectivity index (χ4n) is 14.4. The Labute approximate surface area is 651 Å². The first-order chi connectivity index (χ1) is 52.2. The first-order valence-corrected chi connectivity index (χ1v) is 44.3. The molecule has 1 heterocycles. The average molecular weight is 1510 g/mol. The average Bonchev–Trinajstić information content (AvgIpc) is 0.791. The van der Waals surface area contributed by atoms with Gasteiger partial charge >= 0.3 is 23.9 Å². The molecule has 1 aromatic rings. The quantitative estimate of drug-likeness (QED) is 0.0269. The number of ether oxygens (including phenoxy) is 7. The van der Waals surface area contributed by atoms with Crippen LogP contribution in [0.5, 0.6) is 0 Å². The highest BCUT2D eigenvalue weighted by molar-refractivity contribution is 5.85. The summed E-state index contributed by atoms with van der Waals surface area (Å²) in [6.07, 6.45) is 45.9. The lowest BCUT2D eigenvalue weighted by molar-refractivity contribution is -0.255. The maximum atomic E-state index is 15.0. The van der Waals surface area contributed by atoms with Gasteiger partial charge in [-0.1, -0.05) is 342 Å². The molecule has 107 heavy (non-hydrogen) atoms. The van der Waals surface area contributed by atoms with E-state index in [9.17, 15) is 33.9 Å². The van der Waals surface area contributed by atoms with Crippen molar-refractivity contribution < 1.29 is 71.8 Å². The van der Waals surface area contributed by atoms with Crippen LogP contribution in [0.25, 0.3) is 0 Å². The molecule has 0 bridgehead atoms. The van der Waals surface area contributed by atoms with E-state index in [0.717, 1.165) is 179 Å². The van der Waals surface area contributed by atoms with Crippen molar-refractivity contribution in [1.29, 1.82) is 0 Å². The molecular formula is C89H159N3O15. The zero-order valence-corrected chi connectivity index (χ0v) is 69.2. The number of nitrogens with one attached hydrogen (secondary N) is 3. The van der Waals surface area contributed by atoms with Gasteiger partial charge in [0.2, 0.25) is 17.7 Å². The summed E-state index contributed by atoms with van der Waals surface area (Å²) in [5, 5.41) is 21.6. The summed E-state index contributed by atoms with van der Waals surface area (Å²) in [4.78, 5) is 99.2. The highest BCUT2D eigenvalue weighted by Crippen LogP contribution is 2.27. The zero-order chi connectivity index (χ0) is 77.8. The van der Waals surface area contributed by atoms with Gasteiger partial charge in [-0.3, -0.25) is 28.8 Å². The third-order valence-electron chi connectivity index (χ3n) is 21.0. The van der Waals surface area contributed by atoms with E-state index in [4.69, 9.17) is 33.2 Å². The lowest BCUT2D eigenvalue weighted by Gasteiger charge is -2.45. The van der Waals surface area contributed by atoms with Crippen LogP contribution in [0.3, 0.4) is 0 Å². The summed E-state index contributed by atoms with van der Waals surface area (Å²) >= 11 is 0. The number of benzene rings is 1. The second-order valence-corrected chi connectivity index (χ2v) is 31.1. The molecule has 0 aliphatic carbocycles. The molecule has 18 heteroatoms. The topological polar surface area (TPSA) is 240 Å². The van der Waals surface area contributed by atoms with Crippen molar-refractivity contribution in [3.63, 3.8) is 0 Å². The fourth-order valence-corrected chi connectivity index (χ4v) is 14.4. The van der Waals surface area contributed by atoms with Gasteiger partial charge < -0.3 is 54.2 Å². The molecule has 1 aliphatic rings. The van der Waals surface area contributed by atoms with E-state index in [1.807, 2.05) is 30.3 Å². The molecule has 0 saturated carbocycles. The van der Waals surface area contributed by atoms with Crippen LogP contribution >= 0.6 is 0 Å². The zero-order valence-electron chi connectivity index (χ0n) is 69.2. The van der Waals surface area contributed by atoms with Gasteiger partial charge in [-0.15, -0.1) is 0 Å². The minimum Gasteiger partial charge on any atom is -0.467 e. The maximum absolute atomic E-state index is 15.0. The Bertz CT molecular complexity index is 2330. The lowest BCUT2D eigenvalue weighted by atomic mass is 9.93. The molecule has 0 unspecified atom stereocenters. The van der Waals surface area contributed by atoms with Crippen LogP contribution in [0.15, 0.2) is 30.3 Å². The third kappa shape index (κ3) is 53.8. The summed E-state index contributed by atoms with van der Waals surface area (Å²) in [7, 11) is 1.20. The van der Waals surface area contributed by atoms with Crippen molar-refractivity contribution in [2.75, 3.05) is 20.3 Å². The SMILES string of the molecule is CCCCCCCCCCC[C@H](CC(=O)N[C@@H]1[C@H](O)[C@@H](COCc2ccccc2)O[C@@H](OC[C@H](NC(=O)C[C@@H](CCCCCCCCCCC)OC(=O)CCCCCCCCC)C(=O)OC)[C@@H]1NC(=O)C[C@@H](CCCCCCCCCCC)OC(=O)CCCCCCCCC)OC(=O)CCCCCCCCC. The standard InChI is InChI=1S/C89H159N3O15/c1-8-14-20-26-32-35-41-44-53-61-74(104-82(96)64-56-47-38-29-23-17-11-4)67-79(93)90-77(88(100)101-7)71-103-89-86(92-81(95)69-76(63-55-46-43-37-34-28-22-16-10-3)106-84(98)66-58-49-40-31-25-19-13-6)85(87(99)78(107-89)72-102-70-73-59-51-50-52-60-73)91-80(94)68-75(62-54-45-42-36-33-27-21-15-9-2)105-83(97)65-57-48-39-30-24-18-12-5/h50-52,59-60,74-78,85-87,89,99H,8-49,53-58,61-72H2,1-7H3,(H,90,93)(H,91,94)(H,92,95)/t74-,75-,76-,77+,78-,85+,86-,87-,89-/m1/s1. The van der Waals surface area contributed by atoms with E-state index in [0.29, 0.717) is 38.5 Å². The third-order valence-corrected chi connectivity index (χ3v) is 21.0. The normalized spacial score (nSPS) is 16.8. The number of aliphatic hydroxyl groups is 1. The number of methoxy groups -OCH3 is 1. The second kappa shape index (κ2) is 69.3. The highest BCUT2D eigenvalue weighted by atomic mass is 16.7. The number of rotatable bonds is 74. The van der Waals surface area contributed by atoms with E-state index in [2.05, 4.69) is 57.5 Å². The number of amides is 3. The lowest BCUT2D eigenvalue weighted by Crippen LogP contribution is -2.70. The molecule has 9 atom stereocenters. The van der Waals surface area contributed by atoms with Crippen LogP contribution in [0.4, 0.5) is 0 Å². The number of hydrogen-bond acceptors (Lipinski definition) is 15. The molecule has 620 valence electrons. The Morgan fingerprint density at radius 1 is 0.402 bits per heavy atom. The van der Waals surface area contributed by atoms with Crippen LogP contribution in [0.2, 0.25) is 0 Å². The molecule has 3 amide bonds. The second-order valence-electron chi connectivity index (χ2n) is 31.1. The molecule has 0 spiro atoms. The summed E-state index contributed by atoms with van der Waals surface area (Å²) in [5.74, 6) is -3.64. The van der Waals surface area contributed by atoms with Crippen molar-refractivity contribution in [3.05, 3.63) is 35.9 Å². The Hall–Kier alpha value is -4.65. The fraction of sp³-hybridized carbons (Fsp3) is 0.854. The van der Waals surface area contributed by atoms with Crippen LogP contribution in [0, 0.1) is 0 Å². The van der Waals surface area contributed by atoms with Gasteiger partial charge in [0.15, 0.2) is 12.3 Å². The molecule has 1 aliphatic heterocycles. The first kappa shape index (κ1) is 98.4. The molecule has 4 N–H and O–H groups in total. The van der Waals surface area contributed by atoms with E-state index in [1.54, 1.807) is 0 Å². The van der Waals surface area contributed by atoms with Gasteiger partial charge in [-0.05, 0) is 63.4 Å². The minimum atomic E-state index is -1.54. The van der Waals surface area contributed by atoms with Gasteiger partial charge in [0.05, 0.1) is 52.2 Å². The van der Waals surface area contributed by atoms with E-state index in [-0.39, 0.29) is 69.6 Å². The Morgan fingerprint density at radius 3 is 1.05 bits per heavy atom. The maximum Gasteiger partial charge on any atom is 0.330 e. The largest absolute Gasteiger partial charge is 0.467 e. The summed E-state index contributed by atoms with van der Waals surface area (Å²) in [6, 6.07) is 5.34. The van der Waals surface area contributed by atoms with Gasteiger partial charge in [0.25, 0.3) is 0 Å². The Kier molecular flexibility index (Phi) is 63.8. The summed E-state index contributed by atoms with van der Waals surface area (Å²) in [6.45, 7) is 12.6. The number of hydrogen-bond donors (Lipinski definition) is 4. The Morgan fingerprint density at radius 2 is 0.710 bits per heavy atom. The van der Waals surface area contributed by atoms with Gasteiger partial charge in [0.1, 0.15) is 36.6 Å². The molecule has 2 rings (SSSR count). The highest BCUT2D eigenvalue weighted by Gasteiger charge is 2.48. The van der Waals surface area contributed by atoms with Crippen LogP contribution in [-0.2, 0) is 73.3 Å². The number of carbonyl (C=O) groups is 7. The van der Waals surface area contributed by atoms with E-state index < -0.39 is 85.2 Å². The number of carbonyl (C=O) groups excluding carboxylic acids is 7. The number of aliphatic hydroxyl groups excluding tert-OH is 1. The van der Waals surface area contributed by atoms with Crippen molar-refractivity contribution in [3.8, 4) is 0 Å². The van der Waals surface area contributed by atoms with Crippen molar-refractivity contribution >= 4 is 41.6 Å². The monoisotopic (exact) mass is 1510 g/mol. The molecular weight excluding hydrogens is 1350 g/mol. The van der Waals surface area contributed by atoms with Gasteiger partial charge in [0, 0.05) is 19.3 Å². The predicted molar refractivity (Wildman–Crippen MR) is 431 cm³/mol. The molecule has 1 fully saturated rings. The van der Waals surface area contributed by atoms with E-state index >= 15 is 4.79 Å². The smallest absolute Gasteiger partial charge is 0.330 e. The number of esters is 4.